The molecule has 6 heterocycles. The highest BCUT2D eigenvalue weighted by molar-refractivity contribution is 6.00. The Labute approximate surface area is 684 Å². The number of amides is 6. The number of ether oxygens (including phenoxy) is 3. The molecule has 3 aliphatic heterocycles. The molecule has 12 rings (SSSR count). The van der Waals surface area contributed by atoms with Crippen LogP contribution in [-0.4, -0.2) is 202 Å². The number of rotatable bonds is 28. The Morgan fingerprint density at radius 1 is 0.425 bits per heavy atom. The fourth-order valence-electron chi connectivity index (χ4n) is 12.2. The Balaban J connectivity index is 0.000000189. The number of nitrogens with zero attached hydrogens (tertiary/aromatic N) is 12. The first-order valence-corrected chi connectivity index (χ1v) is 37.1. The molecule has 9 aromatic rings. The van der Waals surface area contributed by atoms with Crippen LogP contribution < -0.4 is 76.8 Å². The van der Waals surface area contributed by atoms with Crippen molar-refractivity contribution in [2.24, 2.45) is 0 Å². The van der Waals surface area contributed by atoms with E-state index < -0.39 is 44.5 Å². The number of carbonyl (C=O) groups is 6. The predicted octanol–water partition coefficient (Wildman–Crippen LogP) is 12.2. The van der Waals surface area contributed by atoms with Crippen molar-refractivity contribution < 1.29 is 83.9 Å². The van der Waals surface area contributed by atoms with Gasteiger partial charge in [0.1, 0.15) is 30.7 Å². The van der Waals surface area contributed by atoms with Gasteiger partial charge in [0.05, 0.1) is 17.1 Å². The summed E-state index contributed by atoms with van der Waals surface area (Å²) in [5.74, 6) is -0.729. The van der Waals surface area contributed by atoms with Crippen molar-refractivity contribution in [3.05, 3.63) is 201 Å². The Morgan fingerprint density at radius 3 is 1.00 bits per heavy atom. The van der Waals surface area contributed by atoms with Gasteiger partial charge < -0.3 is 102 Å². The maximum Gasteiger partial charge on any atom is 0.573 e. The zero-order valence-electron chi connectivity index (χ0n) is 65.3. The van der Waals surface area contributed by atoms with Gasteiger partial charge in [-0.25, -0.2) is 15.0 Å². The number of alkyl halides is 7. The van der Waals surface area contributed by atoms with Crippen LogP contribution in [0, 0.1) is 20.8 Å². The van der Waals surface area contributed by atoms with Crippen LogP contribution in [-0.2, 0) is 28.8 Å². The molecule has 120 heavy (non-hydrogen) atoms. The third-order valence-electron chi connectivity index (χ3n) is 18.3. The van der Waals surface area contributed by atoms with E-state index in [-0.39, 0.29) is 75.9 Å². The number of carbonyl (C=O) groups excluding carboxylic acids is 6. The molecule has 0 unspecified atom stereocenters. The predicted molar refractivity (Wildman–Crippen MR) is 441 cm³/mol. The molecule has 39 heteroatoms. The molecular weight excluding hydrogens is 1580 g/mol. The van der Waals surface area contributed by atoms with Crippen molar-refractivity contribution in [1.82, 2.24) is 44.6 Å². The van der Waals surface area contributed by atoms with Crippen molar-refractivity contribution in [3.8, 4) is 17.2 Å². The third-order valence-corrected chi connectivity index (χ3v) is 18.3. The van der Waals surface area contributed by atoms with Crippen molar-refractivity contribution >= 4 is 139 Å². The molecule has 3 aliphatic rings. The van der Waals surface area contributed by atoms with E-state index in [1.54, 1.807) is 126 Å². The van der Waals surface area contributed by atoms with Crippen LogP contribution in [0.4, 0.5) is 134 Å². The van der Waals surface area contributed by atoms with Gasteiger partial charge in [0.25, 0.3) is 0 Å². The van der Waals surface area contributed by atoms with Crippen molar-refractivity contribution in [1.29, 1.82) is 0 Å². The number of piperazine rings is 3. The summed E-state index contributed by atoms with van der Waals surface area (Å²) in [6, 6.07) is 35.1. The molecule has 0 spiro atoms. The van der Waals surface area contributed by atoms with Gasteiger partial charge in [-0.05, 0) is 130 Å². The summed E-state index contributed by atoms with van der Waals surface area (Å²) in [7, 11) is 0. The van der Waals surface area contributed by atoms with Crippen LogP contribution in [0.15, 0.2) is 184 Å². The average Bonchev–Trinajstić information content (AvgIpc) is 0.832. The Bertz CT molecular complexity index is 5170. The zero-order chi connectivity index (χ0) is 86.2. The molecule has 32 nitrogen and oxygen atoms in total. The van der Waals surface area contributed by atoms with Crippen LogP contribution in [0.3, 0.4) is 0 Å². The van der Waals surface area contributed by atoms with E-state index in [9.17, 15) is 59.5 Å². The molecule has 6 aromatic carbocycles. The molecule has 6 amide bonds. The zero-order valence-corrected chi connectivity index (χ0v) is 65.3. The summed E-state index contributed by atoms with van der Waals surface area (Å²) in [5.41, 5.74) is 8.04. The lowest BCUT2D eigenvalue weighted by molar-refractivity contribution is -0.274. The summed E-state index contributed by atoms with van der Waals surface area (Å²) in [4.78, 5) is 107. The number of aromatic nitrogens is 6. The molecule has 3 saturated heterocycles. The van der Waals surface area contributed by atoms with Crippen LogP contribution in [0.5, 0.6) is 17.2 Å². The van der Waals surface area contributed by atoms with Crippen molar-refractivity contribution in [2.45, 2.75) is 47.3 Å². The van der Waals surface area contributed by atoms with Gasteiger partial charge in [-0.15, -0.1) is 13.2 Å². The first kappa shape index (κ1) is 88.0. The summed E-state index contributed by atoms with van der Waals surface area (Å²) in [6.45, 7) is 15.4. The molecule has 0 atom stereocenters. The highest BCUT2D eigenvalue weighted by Gasteiger charge is 2.34. The van der Waals surface area contributed by atoms with Gasteiger partial charge in [-0.3, -0.25) is 28.8 Å². The summed E-state index contributed by atoms with van der Waals surface area (Å²) in [5, 5.41) is 44.4. The van der Waals surface area contributed by atoms with Gasteiger partial charge in [-0.1, -0.05) is 37.9 Å². The van der Waals surface area contributed by atoms with Crippen LogP contribution in [0.2, 0.25) is 0 Å². The smallest absolute Gasteiger partial charge is 0.433 e. The molecular formula is C81H86F7N21O11. The number of aryl methyl sites for hydroxylation is 3. The minimum atomic E-state index is -4.95. The number of benzene rings is 6. The van der Waals surface area contributed by atoms with E-state index in [0.29, 0.717) is 153 Å². The lowest BCUT2D eigenvalue weighted by atomic mass is 10.2. The van der Waals surface area contributed by atoms with E-state index in [1.165, 1.54) is 54.4 Å². The summed E-state index contributed by atoms with van der Waals surface area (Å²) < 4.78 is 107. The fraction of sp³-hybridized carbons (Fsp3) is 0.259. The summed E-state index contributed by atoms with van der Waals surface area (Å²) in [6.07, 6.45) is 3.23. The molecule has 11 N–H and O–H groups in total. The maximum atomic E-state index is 13.3. The molecule has 0 bridgehead atoms. The lowest BCUT2D eigenvalue weighted by Crippen LogP contribution is -2.49. The summed E-state index contributed by atoms with van der Waals surface area (Å²) >= 11 is 0. The van der Waals surface area contributed by atoms with Crippen molar-refractivity contribution in [2.75, 3.05) is 154 Å². The highest BCUT2D eigenvalue weighted by Crippen LogP contribution is 2.39. The van der Waals surface area contributed by atoms with E-state index in [0.717, 1.165) is 17.2 Å². The number of hydrogen-bond donors (Lipinski definition) is 11. The Kier molecular flexibility index (Phi) is 30.4. The minimum absolute atomic E-state index is 0.00930. The minimum Gasteiger partial charge on any atom is -0.433 e. The number of hydrogen-bond acceptors (Lipinski definition) is 26. The molecule has 0 saturated carbocycles. The fourth-order valence-corrected chi connectivity index (χ4v) is 12.2. The van der Waals surface area contributed by atoms with Gasteiger partial charge in [0, 0.05) is 190 Å². The monoisotopic (exact) mass is 1660 g/mol. The van der Waals surface area contributed by atoms with Crippen molar-refractivity contribution in [3.63, 3.8) is 0 Å². The number of halogens is 7. The second-order valence-electron chi connectivity index (χ2n) is 26.6. The number of anilines is 18. The van der Waals surface area contributed by atoms with Crippen LogP contribution in [0.1, 0.15) is 23.6 Å². The average molecular weight is 1660 g/mol. The second kappa shape index (κ2) is 41.5. The van der Waals surface area contributed by atoms with E-state index in [2.05, 4.69) is 102 Å². The number of aliphatic hydroxyl groups is 2. The van der Waals surface area contributed by atoms with Gasteiger partial charge in [0.15, 0.2) is 17.2 Å². The second-order valence-corrected chi connectivity index (χ2v) is 26.6. The highest BCUT2D eigenvalue weighted by atomic mass is 19.4. The van der Waals surface area contributed by atoms with E-state index in [4.69, 9.17) is 19.7 Å². The first-order valence-electron chi connectivity index (χ1n) is 37.1. The molecule has 0 radical (unpaired) electrons. The normalized spacial score (nSPS) is 13.2. The molecule has 3 aromatic heterocycles. The maximum absolute atomic E-state index is 13.3. The molecule has 0 aliphatic carbocycles. The van der Waals surface area contributed by atoms with Crippen LogP contribution in [0.25, 0.3) is 0 Å². The quantitative estimate of drug-likeness (QED) is 0.0160. The Morgan fingerprint density at radius 2 is 0.717 bits per heavy atom. The lowest BCUT2D eigenvalue weighted by Gasteiger charge is -2.36. The van der Waals surface area contributed by atoms with Gasteiger partial charge >= 0.3 is 19.6 Å². The Hall–Kier alpha value is -14.4. The first-order chi connectivity index (χ1) is 57.5. The van der Waals surface area contributed by atoms with Gasteiger partial charge in [0.2, 0.25) is 53.3 Å². The topological polar surface area (TPSA) is 376 Å². The van der Waals surface area contributed by atoms with Gasteiger partial charge in [-0.2, -0.15) is 32.5 Å². The number of aliphatic hydroxyl groups excluding tert-OH is 2. The molecule has 3 fully saturated rings. The van der Waals surface area contributed by atoms with Crippen LogP contribution >= 0.6 is 0 Å². The standard InChI is InChI=1S/C27H28F3N7O4.C27H29F2N7O4.C27H29F2N7O3/c1-3-23(39)32-18-5-4-6-19(13-18)33-25-17(2)15-31-26(35-25)34-21-8-7-20(14-22(21)41-27(28,29)30)36-9-11-37(12-10-36)24(40)16-38;1-3-23(38)31-18-5-4-6-19(13-18)32-25-17(2)15-30-27(34-25)33-21-8-7-20(14-22(21)40-26(28)29)35-9-11-36(12-10-35)24(39)16-37;1-4-24(38)31-19-6-5-7-20(14-19)32-25-17(2)16-30-27(34-25)33-22-9-8-21(15-23(22)39-26(28)29)36-12-10-35(11-13-36)18(3)37/h3-8,13-15,38H,1,9-12,16H2,2H3,(H,32,39)(H2,31,33,34,35);3-8,13-15,26,37H,1,9-12,16H2,2H3,(H,31,38)(H2,30,32,33,34);4-9,14-16,26H,1,10-13H2,2-3H3,(H,31,38)(H2,30,32,33,34). The van der Waals surface area contributed by atoms with E-state index in [1.807, 2.05) is 34.6 Å². The van der Waals surface area contributed by atoms with E-state index >= 15 is 0 Å². The largest absolute Gasteiger partial charge is 0.573 e. The molecule has 630 valence electrons. The third kappa shape index (κ3) is 25.6. The SMILES string of the molecule is C=CC(=O)Nc1cccc(Nc2nc(Nc3ccc(N4CCN(C(=O)CO)CC4)cc3OC(F)(F)F)ncc2C)c1.C=CC(=O)Nc1cccc(Nc2nc(Nc3ccc(N4CCN(C(=O)CO)CC4)cc3OC(F)F)ncc2C)c1.C=CC(=O)Nc1cccc(Nc2nc(Nc3ccc(N4CCN(C(C)=O)CC4)cc3OC(F)F)ncc2C)c1. The number of nitrogens with one attached hydrogen (secondary N) is 9.